The standard InChI is InChI=1S/C15H13BrClNO2/c1-2-18-14(11-6-7-13(16)19-11)12-8-9-4-3-5-10(17)15(9)20-12/h3-8,14,18H,2H2,1H3. The van der Waals surface area contributed by atoms with Gasteiger partial charge in [-0.3, -0.25) is 0 Å². The van der Waals surface area contributed by atoms with E-state index in [0.717, 1.165) is 23.5 Å². The van der Waals surface area contributed by atoms with Crippen molar-refractivity contribution in [2.24, 2.45) is 0 Å². The van der Waals surface area contributed by atoms with E-state index in [1.807, 2.05) is 43.3 Å². The molecule has 0 aliphatic heterocycles. The van der Waals surface area contributed by atoms with Crippen molar-refractivity contribution in [1.82, 2.24) is 5.32 Å². The largest absolute Gasteiger partial charge is 0.457 e. The molecule has 3 rings (SSSR count). The lowest BCUT2D eigenvalue weighted by Crippen LogP contribution is -2.20. The summed E-state index contributed by atoms with van der Waals surface area (Å²) < 4.78 is 12.2. The van der Waals surface area contributed by atoms with Gasteiger partial charge in [-0.05, 0) is 46.7 Å². The fourth-order valence-electron chi connectivity index (χ4n) is 2.22. The Morgan fingerprint density at radius 2 is 2.05 bits per heavy atom. The minimum absolute atomic E-state index is 0.130. The fourth-order valence-corrected chi connectivity index (χ4v) is 2.76. The smallest absolute Gasteiger partial charge is 0.169 e. The molecular formula is C15H13BrClNO2. The van der Waals surface area contributed by atoms with E-state index in [4.69, 9.17) is 20.4 Å². The van der Waals surface area contributed by atoms with Crippen molar-refractivity contribution < 1.29 is 8.83 Å². The lowest BCUT2D eigenvalue weighted by Gasteiger charge is -2.12. The predicted molar refractivity (Wildman–Crippen MR) is 83.2 cm³/mol. The van der Waals surface area contributed by atoms with Gasteiger partial charge in [-0.15, -0.1) is 0 Å². The van der Waals surface area contributed by atoms with Crippen molar-refractivity contribution in [1.29, 1.82) is 0 Å². The normalized spacial score (nSPS) is 12.9. The van der Waals surface area contributed by atoms with E-state index in [2.05, 4.69) is 21.2 Å². The zero-order valence-corrected chi connectivity index (χ0v) is 13.2. The molecule has 0 bridgehead atoms. The number of halogens is 2. The molecule has 2 heterocycles. The topological polar surface area (TPSA) is 38.3 Å². The Bertz CT molecular complexity index is 734. The van der Waals surface area contributed by atoms with Crippen molar-refractivity contribution in [3.05, 3.63) is 57.6 Å². The highest BCUT2D eigenvalue weighted by Gasteiger charge is 2.21. The van der Waals surface area contributed by atoms with Crippen molar-refractivity contribution >= 4 is 38.5 Å². The fraction of sp³-hybridized carbons (Fsp3) is 0.200. The molecule has 2 aromatic heterocycles. The molecule has 1 atom stereocenters. The van der Waals surface area contributed by atoms with Crippen LogP contribution in [0.3, 0.4) is 0 Å². The number of hydrogen-bond donors (Lipinski definition) is 1. The quantitative estimate of drug-likeness (QED) is 0.705. The van der Waals surface area contributed by atoms with Crippen LogP contribution in [0, 0.1) is 0 Å². The molecule has 5 heteroatoms. The molecule has 0 amide bonds. The second-order valence-electron chi connectivity index (χ2n) is 4.44. The Hall–Kier alpha value is -1.23. The number of benzene rings is 1. The summed E-state index contributed by atoms with van der Waals surface area (Å²) in [6.07, 6.45) is 0. The van der Waals surface area contributed by atoms with Gasteiger partial charge in [0, 0.05) is 5.39 Å². The molecule has 0 fully saturated rings. The first-order chi connectivity index (χ1) is 9.69. The van der Waals surface area contributed by atoms with Gasteiger partial charge in [0.1, 0.15) is 17.6 Å². The second-order valence-corrected chi connectivity index (χ2v) is 5.63. The third kappa shape index (κ3) is 2.51. The molecule has 1 N–H and O–H groups in total. The summed E-state index contributed by atoms with van der Waals surface area (Å²) >= 11 is 9.48. The lowest BCUT2D eigenvalue weighted by atomic mass is 10.1. The number of hydrogen-bond acceptors (Lipinski definition) is 3. The molecule has 0 spiro atoms. The van der Waals surface area contributed by atoms with Gasteiger partial charge in [-0.25, -0.2) is 0 Å². The average Bonchev–Trinajstić information content (AvgIpc) is 3.03. The second kappa shape index (κ2) is 5.64. The number of rotatable bonds is 4. The maximum absolute atomic E-state index is 6.16. The molecule has 0 aliphatic carbocycles. The molecule has 3 aromatic rings. The van der Waals surface area contributed by atoms with Crippen molar-refractivity contribution in [3.8, 4) is 0 Å². The highest BCUT2D eigenvalue weighted by atomic mass is 79.9. The van der Waals surface area contributed by atoms with Gasteiger partial charge in [-0.1, -0.05) is 30.7 Å². The Morgan fingerprint density at radius 3 is 2.70 bits per heavy atom. The summed E-state index contributed by atoms with van der Waals surface area (Å²) in [7, 11) is 0. The average molecular weight is 355 g/mol. The van der Waals surface area contributed by atoms with Crippen LogP contribution >= 0.6 is 27.5 Å². The van der Waals surface area contributed by atoms with Crippen molar-refractivity contribution in [2.75, 3.05) is 6.54 Å². The minimum atomic E-state index is -0.130. The maximum atomic E-state index is 6.16. The van der Waals surface area contributed by atoms with Gasteiger partial charge >= 0.3 is 0 Å². The van der Waals surface area contributed by atoms with Crippen LogP contribution in [0.25, 0.3) is 11.0 Å². The first kappa shape index (κ1) is 13.7. The number of para-hydroxylation sites is 1. The van der Waals surface area contributed by atoms with Gasteiger partial charge in [0.05, 0.1) is 5.02 Å². The molecule has 0 aliphatic rings. The van der Waals surface area contributed by atoms with E-state index in [-0.39, 0.29) is 6.04 Å². The van der Waals surface area contributed by atoms with E-state index in [1.54, 1.807) is 0 Å². The summed E-state index contributed by atoms with van der Waals surface area (Å²) in [6, 6.07) is 11.4. The monoisotopic (exact) mass is 353 g/mol. The minimum Gasteiger partial charge on any atom is -0.457 e. The Labute approximate surface area is 130 Å². The van der Waals surface area contributed by atoms with Crippen molar-refractivity contribution in [3.63, 3.8) is 0 Å². The number of furan rings is 2. The molecule has 0 radical (unpaired) electrons. The Morgan fingerprint density at radius 1 is 1.20 bits per heavy atom. The first-order valence-corrected chi connectivity index (χ1v) is 7.52. The van der Waals surface area contributed by atoms with Gasteiger partial charge in [0.2, 0.25) is 0 Å². The van der Waals surface area contributed by atoms with Crippen LogP contribution in [0.15, 0.2) is 49.9 Å². The summed E-state index contributed by atoms with van der Waals surface area (Å²) in [6.45, 7) is 2.84. The van der Waals surface area contributed by atoms with Gasteiger partial charge in [0.25, 0.3) is 0 Å². The van der Waals surface area contributed by atoms with Crippen LogP contribution in [0.4, 0.5) is 0 Å². The van der Waals surface area contributed by atoms with Crippen LogP contribution in [0.5, 0.6) is 0 Å². The molecule has 1 unspecified atom stereocenters. The zero-order chi connectivity index (χ0) is 14.1. The molecule has 1 aromatic carbocycles. The molecule has 104 valence electrons. The SMILES string of the molecule is CCNC(c1ccc(Br)o1)c1cc2cccc(Cl)c2o1. The summed E-state index contributed by atoms with van der Waals surface area (Å²) in [5.74, 6) is 1.59. The van der Waals surface area contributed by atoms with E-state index in [9.17, 15) is 0 Å². The number of fused-ring (bicyclic) bond motifs is 1. The van der Waals surface area contributed by atoms with Gasteiger partial charge in [0.15, 0.2) is 10.3 Å². The molecule has 0 saturated carbocycles. The molecule has 20 heavy (non-hydrogen) atoms. The molecular weight excluding hydrogens is 342 g/mol. The van der Waals surface area contributed by atoms with E-state index in [1.165, 1.54) is 0 Å². The summed E-state index contributed by atoms with van der Waals surface area (Å²) in [4.78, 5) is 0. The lowest BCUT2D eigenvalue weighted by molar-refractivity contribution is 0.395. The maximum Gasteiger partial charge on any atom is 0.169 e. The first-order valence-electron chi connectivity index (χ1n) is 6.35. The predicted octanol–water partition coefficient (Wildman–Crippen LogP) is 5.14. The van der Waals surface area contributed by atoms with Crippen molar-refractivity contribution in [2.45, 2.75) is 13.0 Å². The highest BCUT2D eigenvalue weighted by Crippen LogP contribution is 2.33. The summed E-state index contributed by atoms with van der Waals surface area (Å²) in [5.41, 5.74) is 0.706. The van der Waals surface area contributed by atoms with Crippen LogP contribution in [-0.4, -0.2) is 6.54 Å². The van der Waals surface area contributed by atoms with E-state index in [0.29, 0.717) is 15.3 Å². The van der Waals surface area contributed by atoms with Crippen LogP contribution < -0.4 is 5.32 Å². The Kier molecular flexibility index (Phi) is 3.87. The van der Waals surface area contributed by atoms with Crippen LogP contribution in [0.1, 0.15) is 24.5 Å². The van der Waals surface area contributed by atoms with E-state index >= 15 is 0 Å². The van der Waals surface area contributed by atoms with E-state index < -0.39 is 0 Å². The van der Waals surface area contributed by atoms with Gasteiger partial charge in [-0.2, -0.15) is 0 Å². The highest BCUT2D eigenvalue weighted by molar-refractivity contribution is 9.10. The zero-order valence-electron chi connectivity index (χ0n) is 10.8. The van der Waals surface area contributed by atoms with Crippen LogP contribution in [0.2, 0.25) is 5.02 Å². The third-order valence-electron chi connectivity index (χ3n) is 3.09. The summed E-state index contributed by atoms with van der Waals surface area (Å²) in [5, 5.41) is 4.96. The molecule has 3 nitrogen and oxygen atoms in total. The number of nitrogens with one attached hydrogen (secondary N) is 1. The molecule has 0 saturated heterocycles. The Balaban J connectivity index is 2.07. The van der Waals surface area contributed by atoms with Gasteiger partial charge < -0.3 is 14.2 Å². The third-order valence-corrected chi connectivity index (χ3v) is 3.81. The van der Waals surface area contributed by atoms with Crippen LogP contribution in [-0.2, 0) is 0 Å².